The molecule has 0 aliphatic heterocycles. The Morgan fingerprint density at radius 1 is 0.676 bits per heavy atom. The zero-order valence-corrected chi connectivity index (χ0v) is 21.4. The fourth-order valence-corrected chi connectivity index (χ4v) is 3.00. The molecule has 0 amide bonds. The first-order valence-electron chi connectivity index (χ1n) is 10.6. The molecule has 1 heterocycles. The molecule has 182 valence electrons. The molecule has 0 atom stereocenters. The largest absolute Gasteiger partial charge is 0.748 e. The Morgan fingerprint density at radius 2 is 1.15 bits per heavy atom. The van der Waals surface area contributed by atoms with Gasteiger partial charge < -0.3 is 40.3 Å². The molecule has 34 heavy (non-hydrogen) atoms. The van der Waals surface area contributed by atoms with Gasteiger partial charge in [0.25, 0.3) is 0 Å². The third-order valence-corrected chi connectivity index (χ3v) is 4.54. The minimum absolute atomic E-state index is 0. The monoisotopic (exact) mass is 529 g/mol. The number of pyridine rings is 1. The number of aromatic nitrogens is 1. The molecule has 3 nitrogen and oxygen atoms in total. The van der Waals surface area contributed by atoms with Crippen molar-refractivity contribution in [3.8, 4) is 0 Å². The van der Waals surface area contributed by atoms with Crippen LogP contribution in [-0.2, 0) is 34.1 Å². The first-order valence-corrected chi connectivity index (χ1v) is 10.6. The van der Waals surface area contributed by atoms with Crippen molar-refractivity contribution in [1.29, 1.82) is 0 Å². The van der Waals surface area contributed by atoms with Gasteiger partial charge in [0.2, 0.25) is 0 Å². The van der Waals surface area contributed by atoms with E-state index in [9.17, 15) is 0 Å². The van der Waals surface area contributed by atoms with Crippen LogP contribution in [0.4, 0.5) is 11.4 Å². The van der Waals surface area contributed by atoms with Crippen LogP contribution in [0, 0.1) is 0 Å². The van der Waals surface area contributed by atoms with Crippen LogP contribution in [0.1, 0.15) is 25.1 Å². The summed E-state index contributed by atoms with van der Waals surface area (Å²) >= 11 is 0. The summed E-state index contributed by atoms with van der Waals surface area (Å²) < 4.78 is 0. The van der Waals surface area contributed by atoms with E-state index in [1.807, 2.05) is 135 Å². The SMILES string of the molecule is CC(=N[c-]1cccc1)c1cccnc1C(C)=N[c-]1cccc1.[Fe].[Fe].[cH-]1[cH-][cH-][cH-][cH-]1.c1cc[cH-]c1. The first kappa shape index (κ1) is 29.0. The fraction of sp³-hybridized carbons (Fsp3) is 0.0690. The molecule has 1 aromatic heterocycles. The second-order valence-corrected chi connectivity index (χ2v) is 7.00. The van der Waals surface area contributed by atoms with Gasteiger partial charge in [0.05, 0.1) is 0 Å². The fourth-order valence-electron chi connectivity index (χ4n) is 3.00. The van der Waals surface area contributed by atoms with Crippen molar-refractivity contribution in [2.45, 2.75) is 13.8 Å². The van der Waals surface area contributed by atoms with Crippen molar-refractivity contribution in [1.82, 2.24) is 4.98 Å². The maximum Gasteiger partial charge on any atom is 0.0429 e. The average Bonchev–Trinajstić information content (AvgIpc) is 3.62. The molecule has 5 aromatic rings. The molecule has 0 saturated carbocycles. The smallest absolute Gasteiger partial charge is 0.0429 e. The van der Waals surface area contributed by atoms with Crippen molar-refractivity contribution in [2.75, 3.05) is 0 Å². The number of rotatable bonds is 4. The van der Waals surface area contributed by atoms with Crippen LogP contribution in [0.15, 0.2) is 138 Å². The minimum Gasteiger partial charge on any atom is -0.748 e. The Kier molecular flexibility index (Phi) is 14.1. The van der Waals surface area contributed by atoms with Crippen LogP contribution in [0.3, 0.4) is 0 Å². The quantitative estimate of drug-likeness (QED) is 0.134. The van der Waals surface area contributed by atoms with Crippen LogP contribution >= 0.6 is 0 Å². The topological polar surface area (TPSA) is 37.6 Å². The summed E-state index contributed by atoms with van der Waals surface area (Å²) in [5.74, 6) is 0. The summed E-state index contributed by atoms with van der Waals surface area (Å²) in [5.41, 5.74) is 5.61. The van der Waals surface area contributed by atoms with E-state index in [1.54, 1.807) is 6.20 Å². The van der Waals surface area contributed by atoms with Gasteiger partial charge in [-0.25, -0.2) is 12.1 Å². The molecule has 5 rings (SSSR count). The third kappa shape index (κ3) is 9.82. The Bertz CT molecular complexity index is 1040. The maximum absolute atomic E-state index is 4.65. The molecule has 0 aliphatic rings. The normalized spacial score (nSPS) is 10.5. The molecule has 0 unspecified atom stereocenters. The number of hydrogen-bond donors (Lipinski definition) is 0. The Hall–Kier alpha value is -3.07. The zero-order valence-electron chi connectivity index (χ0n) is 19.2. The van der Waals surface area contributed by atoms with Crippen LogP contribution < -0.4 is 0 Å². The summed E-state index contributed by atoms with van der Waals surface area (Å²) in [4.78, 5) is 13.8. The summed E-state index contributed by atoms with van der Waals surface area (Å²) in [7, 11) is 0. The van der Waals surface area contributed by atoms with E-state index in [1.165, 1.54) is 0 Å². The summed E-state index contributed by atoms with van der Waals surface area (Å²) in [6.45, 7) is 3.98. The van der Waals surface area contributed by atoms with Crippen LogP contribution in [0.25, 0.3) is 0 Å². The first-order chi connectivity index (χ1) is 15.7. The molecule has 0 spiro atoms. The van der Waals surface area contributed by atoms with E-state index in [0.29, 0.717) is 0 Å². The Morgan fingerprint density at radius 3 is 1.59 bits per heavy atom. The standard InChI is InChI=1S/C19H17N3.2C5H5.2Fe/c1-14(21-16-8-3-4-9-16)18-12-7-13-20-19(18)15(2)22-17-10-5-6-11-17;2*1-2-4-5-3-1;;/h3-13H,1-2H3;2*1-5H;;/q-2;-5;-1;;. The van der Waals surface area contributed by atoms with Gasteiger partial charge in [0, 0.05) is 46.0 Å². The Labute approximate surface area is 223 Å². The van der Waals surface area contributed by atoms with Gasteiger partial charge in [0.1, 0.15) is 0 Å². The van der Waals surface area contributed by atoms with Gasteiger partial charge in [-0.15, -0.1) is 24.3 Å². The van der Waals surface area contributed by atoms with E-state index in [4.69, 9.17) is 0 Å². The molecule has 4 aromatic carbocycles. The van der Waals surface area contributed by atoms with Crippen LogP contribution in [-0.4, -0.2) is 16.4 Å². The van der Waals surface area contributed by atoms with Gasteiger partial charge in [-0.05, 0) is 34.4 Å². The van der Waals surface area contributed by atoms with Gasteiger partial charge in [-0.3, -0.25) is 4.98 Å². The molecule has 0 saturated heterocycles. The summed E-state index contributed by atoms with van der Waals surface area (Å²) in [6, 6.07) is 39.8. The van der Waals surface area contributed by atoms with Crippen molar-refractivity contribution in [3.05, 3.63) is 139 Å². The molecular formula is C29H27Fe2N3-8. The number of aliphatic imine (C=N–C) groups is 2. The van der Waals surface area contributed by atoms with Gasteiger partial charge >= 0.3 is 0 Å². The molecule has 0 aliphatic carbocycles. The van der Waals surface area contributed by atoms with E-state index in [0.717, 1.165) is 34.1 Å². The van der Waals surface area contributed by atoms with Crippen molar-refractivity contribution >= 4 is 22.8 Å². The molecule has 0 fully saturated rings. The van der Waals surface area contributed by atoms with E-state index >= 15 is 0 Å². The average molecular weight is 529 g/mol. The predicted octanol–water partition coefficient (Wildman–Crippen LogP) is 7.61. The molecular weight excluding hydrogens is 502 g/mol. The zero-order chi connectivity index (χ0) is 22.4. The van der Waals surface area contributed by atoms with Crippen molar-refractivity contribution in [3.63, 3.8) is 0 Å². The van der Waals surface area contributed by atoms with Crippen LogP contribution in [0.2, 0.25) is 0 Å². The van der Waals surface area contributed by atoms with E-state index in [2.05, 4.69) is 15.0 Å². The number of hydrogen-bond acceptors (Lipinski definition) is 3. The molecule has 5 heteroatoms. The molecule has 0 bridgehead atoms. The van der Waals surface area contributed by atoms with Gasteiger partial charge in [0.15, 0.2) is 0 Å². The Balaban J connectivity index is 0.000000399. The second-order valence-electron chi connectivity index (χ2n) is 7.00. The van der Waals surface area contributed by atoms with Gasteiger partial charge in [-0.1, -0.05) is 19.9 Å². The van der Waals surface area contributed by atoms with Gasteiger partial charge in [-0.2, -0.15) is 42.5 Å². The summed E-state index contributed by atoms with van der Waals surface area (Å²) in [6.07, 6.45) is 1.79. The minimum atomic E-state index is 0. The third-order valence-electron chi connectivity index (χ3n) is 4.54. The van der Waals surface area contributed by atoms with E-state index in [-0.39, 0.29) is 34.1 Å². The molecule has 0 radical (unpaired) electrons. The van der Waals surface area contributed by atoms with Crippen LogP contribution in [0.5, 0.6) is 0 Å². The van der Waals surface area contributed by atoms with E-state index < -0.39 is 0 Å². The number of nitrogens with zero attached hydrogens (tertiary/aromatic N) is 3. The molecule has 0 N–H and O–H groups in total. The summed E-state index contributed by atoms with van der Waals surface area (Å²) in [5, 5.41) is 0. The predicted molar refractivity (Wildman–Crippen MR) is 136 cm³/mol. The van der Waals surface area contributed by atoms with Crippen molar-refractivity contribution in [2.24, 2.45) is 9.98 Å². The maximum atomic E-state index is 4.65. The van der Waals surface area contributed by atoms with Crippen molar-refractivity contribution < 1.29 is 34.1 Å². The second kappa shape index (κ2) is 16.5.